The van der Waals surface area contributed by atoms with Gasteiger partial charge < -0.3 is 0 Å². The molecule has 0 aliphatic heterocycles. The van der Waals surface area contributed by atoms with Crippen LogP contribution >= 0.6 is 65.8 Å². The number of hydrogen-bond donors (Lipinski definition) is 0. The largest absolute Gasteiger partial charge is 0.143 e. The minimum atomic E-state index is 1.15. The van der Waals surface area contributed by atoms with Crippen molar-refractivity contribution >= 4 is 75.9 Å². The molecule has 0 saturated heterocycles. The highest BCUT2D eigenvalue weighted by Crippen LogP contribution is 2.36. The average molecular weight is 418 g/mol. The van der Waals surface area contributed by atoms with Crippen LogP contribution in [0, 0.1) is 3.57 Å². The molecule has 0 unspecified atom stereocenters. The summed E-state index contributed by atoms with van der Waals surface area (Å²) in [4.78, 5) is 0. The third-order valence-electron chi connectivity index (χ3n) is 1.58. The van der Waals surface area contributed by atoms with E-state index in [1.165, 1.54) is 18.1 Å². The van der Waals surface area contributed by atoms with Crippen LogP contribution in [0.25, 0.3) is 10.1 Å². The van der Waals surface area contributed by atoms with Crippen molar-refractivity contribution in [2.75, 3.05) is 0 Å². The molecule has 0 fully saturated rings. The van der Waals surface area contributed by atoms with Gasteiger partial charge in [0.05, 0.1) is 0 Å². The summed E-state index contributed by atoms with van der Waals surface area (Å²) in [5.41, 5.74) is 0. The van der Waals surface area contributed by atoms with E-state index in [9.17, 15) is 0 Å². The van der Waals surface area contributed by atoms with E-state index in [0.29, 0.717) is 0 Å². The predicted octanol–water partition coefficient (Wildman–Crippen LogP) is 5.03. The Morgan fingerprint density at radius 1 is 1.25 bits per heavy atom. The highest BCUT2D eigenvalue weighted by Gasteiger charge is 2.07. The summed E-state index contributed by atoms with van der Waals surface area (Å²) in [6.07, 6.45) is 0. The molecule has 1 heterocycles. The molecular weight excluding hydrogens is 415 g/mol. The molecule has 12 heavy (non-hydrogen) atoms. The van der Waals surface area contributed by atoms with E-state index in [-0.39, 0.29) is 0 Å². The van der Waals surface area contributed by atoms with Crippen molar-refractivity contribution < 1.29 is 0 Å². The summed E-state index contributed by atoms with van der Waals surface area (Å²) in [7, 11) is 0. The van der Waals surface area contributed by atoms with Crippen molar-refractivity contribution in [1.82, 2.24) is 0 Å². The van der Waals surface area contributed by atoms with E-state index in [1.807, 2.05) is 0 Å². The number of hydrogen-bond acceptors (Lipinski definition) is 1. The normalized spacial score (nSPS) is 10.9. The molecule has 0 aliphatic rings. The van der Waals surface area contributed by atoms with Crippen molar-refractivity contribution in [2.24, 2.45) is 0 Å². The van der Waals surface area contributed by atoms with Crippen LogP contribution in [0.15, 0.2) is 26.5 Å². The topological polar surface area (TPSA) is 0 Å². The van der Waals surface area contributed by atoms with Gasteiger partial charge in [-0.1, -0.05) is 0 Å². The molecule has 2 rings (SSSR count). The van der Waals surface area contributed by atoms with Crippen LogP contribution in [0.1, 0.15) is 0 Å². The lowest BCUT2D eigenvalue weighted by Gasteiger charge is -1.99. The molecule has 0 saturated carbocycles. The predicted molar refractivity (Wildman–Crippen MR) is 69.9 cm³/mol. The Morgan fingerprint density at radius 2 is 2.00 bits per heavy atom. The molecule has 1 aromatic heterocycles. The van der Waals surface area contributed by atoms with Crippen LogP contribution in [-0.4, -0.2) is 0 Å². The lowest BCUT2D eigenvalue weighted by Crippen LogP contribution is -1.76. The third-order valence-corrected chi connectivity index (χ3v) is 5.95. The highest BCUT2D eigenvalue weighted by atomic mass is 127. The first-order chi connectivity index (χ1) is 5.70. The van der Waals surface area contributed by atoms with E-state index in [0.717, 1.165) is 4.47 Å². The first kappa shape index (κ1) is 9.43. The Bertz CT molecular complexity index is 436. The zero-order valence-corrected chi connectivity index (χ0v) is 11.9. The summed E-state index contributed by atoms with van der Waals surface area (Å²) < 4.78 is 4.93. The SMILES string of the molecule is Brc1cc(Br)c2sccc2c1I. The molecular formula is C8H3Br2IS. The quantitative estimate of drug-likeness (QED) is 0.416. The van der Waals surface area contributed by atoms with E-state index in [4.69, 9.17) is 0 Å². The number of benzene rings is 1. The van der Waals surface area contributed by atoms with Crippen molar-refractivity contribution in [1.29, 1.82) is 0 Å². The van der Waals surface area contributed by atoms with E-state index in [2.05, 4.69) is 72.0 Å². The van der Waals surface area contributed by atoms with Crippen molar-refractivity contribution in [3.05, 3.63) is 30.0 Å². The summed E-state index contributed by atoms with van der Waals surface area (Å²) in [5, 5.41) is 3.44. The second kappa shape index (κ2) is 3.55. The summed E-state index contributed by atoms with van der Waals surface area (Å²) in [6.45, 7) is 0. The molecule has 0 amide bonds. The van der Waals surface area contributed by atoms with Gasteiger partial charge in [-0.25, -0.2) is 0 Å². The van der Waals surface area contributed by atoms with Gasteiger partial charge in [0.15, 0.2) is 0 Å². The fourth-order valence-corrected chi connectivity index (χ4v) is 4.11. The van der Waals surface area contributed by atoms with Gasteiger partial charge >= 0.3 is 0 Å². The fraction of sp³-hybridized carbons (Fsp3) is 0. The molecule has 0 bridgehead atoms. The third kappa shape index (κ3) is 1.47. The van der Waals surface area contributed by atoms with Crippen LogP contribution in [0.3, 0.4) is 0 Å². The van der Waals surface area contributed by atoms with Crippen LogP contribution in [0.4, 0.5) is 0 Å². The number of thiophene rings is 1. The number of rotatable bonds is 0. The minimum absolute atomic E-state index is 1.15. The first-order valence-corrected chi connectivity index (χ1v) is 6.75. The van der Waals surface area contributed by atoms with Gasteiger partial charge in [-0.2, -0.15) is 0 Å². The Balaban J connectivity index is 2.97. The molecule has 0 aliphatic carbocycles. The van der Waals surface area contributed by atoms with Crippen molar-refractivity contribution in [3.8, 4) is 0 Å². The smallest absolute Gasteiger partial charge is 0.0496 e. The van der Waals surface area contributed by atoms with Crippen LogP contribution < -0.4 is 0 Å². The summed E-state index contributed by atoms with van der Waals surface area (Å²) in [5.74, 6) is 0. The number of halogens is 3. The molecule has 1 aromatic carbocycles. The second-order valence-electron chi connectivity index (χ2n) is 2.32. The summed E-state index contributed by atoms with van der Waals surface area (Å²) in [6, 6.07) is 4.25. The van der Waals surface area contributed by atoms with Gasteiger partial charge in [-0.15, -0.1) is 11.3 Å². The van der Waals surface area contributed by atoms with E-state index in [1.54, 1.807) is 11.3 Å². The van der Waals surface area contributed by atoms with Gasteiger partial charge in [-0.3, -0.25) is 0 Å². The lowest BCUT2D eigenvalue weighted by molar-refractivity contribution is 1.66. The zero-order chi connectivity index (χ0) is 8.72. The Morgan fingerprint density at radius 3 is 2.75 bits per heavy atom. The standard InChI is InChI=1S/C8H3Br2IS/c9-5-3-6(10)8-4(7(5)11)1-2-12-8/h1-3H. The van der Waals surface area contributed by atoms with Crippen LogP contribution in [0.2, 0.25) is 0 Å². The molecule has 4 heteroatoms. The van der Waals surface area contributed by atoms with Gasteiger partial charge in [-0.05, 0) is 72.0 Å². The van der Waals surface area contributed by atoms with Crippen LogP contribution in [-0.2, 0) is 0 Å². The Labute approximate surface area is 105 Å². The minimum Gasteiger partial charge on any atom is -0.143 e. The zero-order valence-electron chi connectivity index (χ0n) is 5.77. The molecule has 62 valence electrons. The monoisotopic (exact) mass is 416 g/mol. The van der Waals surface area contributed by atoms with Crippen LogP contribution in [0.5, 0.6) is 0 Å². The van der Waals surface area contributed by atoms with Gasteiger partial charge in [0.2, 0.25) is 0 Å². The molecule has 0 atom stereocenters. The van der Waals surface area contributed by atoms with Crippen molar-refractivity contribution in [3.63, 3.8) is 0 Å². The Kier molecular flexibility index (Phi) is 2.79. The van der Waals surface area contributed by atoms with Gasteiger partial charge in [0, 0.05) is 22.6 Å². The second-order valence-corrected chi connectivity index (χ2v) is 6.02. The lowest BCUT2D eigenvalue weighted by atomic mass is 10.3. The maximum absolute atomic E-state index is 3.54. The van der Waals surface area contributed by atoms with E-state index < -0.39 is 0 Å². The molecule has 2 aromatic rings. The Hall–Kier alpha value is 0.870. The van der Waals surface area contributed by atoms with Crippen molar-refractivity contribution in [2.45, 2.75) is 0 Å². The molecule has 0 spiro atoms. The summed E-state index contributed by atoms with van der Waals surface area (Å²) >= 11 is 11.2. The molecule has 0 nitrogen and oxygen atoms in total. The average Bonchev–Trinajstić information content (AvgIpc) is 2.48. The first-order valence-electron chi connectivity index (χ1n) is 3.21. The van der Waals surface area contributed by atoms with Gasteiger partial charge in [0.25, 0.3) is 0 Å². The number of fused-ring (bicyclic) bond motifs is 1. The maximum atomic E-state index is 3.54. The molecule has 0 N–H and O–H groups in total. The molecule has 0 radical (unpaired) electrons. The highest BCUT2D eigenvalue weighted by molar-refractivity contribution is 14.1. The fourth-order valence-electron chi connectivity index (χ4n) is 1.04. The van der Waals surface area contributed by atoms with E-state index >= 15 is 0 Å². The maximum Gasteiger partial charge on any atom is 0.0496 e. The van der Waals surface area contributed by atoms with Gasteiger partial charge in [0.1, 0.15) is 0 Å².